The van der Waals surface area contributed by atoms with Crippen LogP contribution in [0, 0.1) is 0 Å². The van der Waals surface area contributed by atoms with Crippen LogP contribution in [0.3, 0.4) is 0 Å². The summed E-state index contributed by atoms with van der Waals surface area (Å²) in [5.74, 6) is 0.834. The van der Waals surface area contributed by atoms with E-state index in [0.717, 1.165) is 25.3 Å². The van der Waals surface area contributed by atoms with E-state index in [4.69, 9.17) is 0 Å². The molecule has 0 bridgehead atoms. The van der Waals surface area contributed by atoms with Gasteiger partial charge in [-0.3, -0.25) is 4.21 Å². The van der Waals surface area contributed by atoms with Gasteiger partial charge in [0.05, 0.1) is 0 Å². The van der Waals surface area contributed by atoms with Gasteiger partial charge >= 0.3 is 0 Å². The van der Waals surface area contributed by atoms with Crippen LogP contribution in [0.5, 0.6) is 0 Å². The number of hydrogen-bond acceptors (Lipinski definition) is 2. The normalized spacial score (nSPS) is 37.9. The number of hydrogen-bond donors (Lipinski definition) is 1. The maximum Gasteiger partial charge on any atom is 0.0362 e. The fourth-order valence-electron chi connectivity index (χ4n) is 0.936. The molecule has 1 heterocycles. The van der Waals surface area contributed by atoms with Gasteiger partial charge in [0.2, 0.25) is 0 Å². The molecule has 1 fully saturated rings. The molecule has 0 aromatic rings. The standard InChI is InChI=1S/C6H13NOS/c1-6-2-3-7-4-5-9(6)8/h6-7H,2-5H2,1H3/t6-,9-/m0/s1. The molecule has 54 valence electrons. The molecule has 3 heteroatoms. The molecule has 0 unspecified atom stereocenters. The summed E-state index contributed by atoms with van der Waals surface area (Å²) < 4.78 is 11.1. The third kappa shape index (κ3) is 2.06. The van der Waals surface area contributed by atoms with Crippen molar-refractivity contribution in [3.05, 3.63) is 0 Å². The van der Waals surface area contributed by atoms with Gasteiger partial charge in [-0.2, -0.15) is 0 Å². The van der Waals surface area contributed by atoms with E-state index in [9.17, 15) is 4.21 Å². The lowest BCUT2D eigenvalue weighted by atomic mass is 10.3. The first-order valence-corrected chi connectivity index (χ1v) is 4.77. The summed E-state index contributed by atoms with van der Waals surface area (Å²) in [4.78, 5) is 0. The second-order valence-electron chi connectivity index (χ2n) is 2.43. The predicted molar refractivity (Wildman–Crippen MR) is 40.0 cm³/mol. The molecule has 0 radical (unpaired) electrons. The van der Waals surface area contributed by atoms with E-state index in [1.807, 2.05) is 0 Å². The van der Waals surface area contributed by atoms with Crippen molar-refractivity contribution in [2.45, 2.75) is 18.6 Å². The van der Waals surface area contributed by atoms with Gasteiger partial charge in [0.25, 0.3) is 0 Å². The Morgan fingerprint density at radius 3 is 3.11 bits per heavy atom. The zero-order chi connectivity index (χ0) is 6.69. The number of nitrogens with one attached hydrogen (secondary N) is 1. The minimum absolute atomic E-state index is 0.403. The van der Waals surface area contributed by atoms with Crippen LogP contribution < -0.4 is 5.32 Å². The summed E-state index contributed by atoms with van der Waals surface area (Å²) in [5.41, 5.74) is 0. The highest BCUT2D eigenvalue weighted by atomic mass is 32.2. The fourth-order valence-corrected chi connectivity index (χ4v) is 2.06. The smallest absolute Gasteiger partial charge is 0.0362 e. The van der Waals surface area contributed by atoms with E-state index in [0.29, 0.717) is 5.25 Å². The SMILES string of the molecule is C[C@H]1CCNCC[S@@]1=O. The van der Waals surface area contributed by atoms with Crippen molar-refractivity contribution in [3.8, 4) is 0 Å². The Balaban J connectivity index is 2.41. The highest BCUT2D eigenvalue weighted by Gasteiger charge is 2.12. The topological polar surface area (TPSA) is 29.1 Å². The molecule has 1 aliphatic rings. The Morgan fingerprint density at radius 1 is 1.56 bits per heavy atom. The van der Waals surface area contributed by atoms with Crippen molar-refractivity contribution in [1.82, 2.24) is 5.32 Å². The first kappa shape index (κ1) is 7.22. The van der Waals surface area contributed by atoms with Crippen molar-refractivity contribution in [1.29, 1.82) is 0 Å². The van der Waals surface area contributed by atoms with Gasteiger partial charge in [0.15, 0.2) is 0 Å². The van der Waals surface area contributed by atoms with Gasteiger partial charge < -0.3 is 5.32 Å². The molecule has 0 aromatic heterocycles. The zero-order valence-corrected chi connectivity index (χ0v) is 6.54. The molecule has 0 aromatic carbocycles. The maximum atomic E-state index is 11.1. The first-order valence-electron chi connectivity index (χ1n) is 3.38. The largest absolute Gasteiger partial charge is 0.316 e. The summed E-state index contributed by atoms with van der Waals surface area (Å²) >= 11 is 0. The highest BCUT2D eigenvalue weighted by molar-refractivity contribution is 7.85. The van der Waals surface area contributed by atoms with Crippen molar-refractivity contribution in [3.63, 3.8) is 0 Å². The van der Waals surface area contributed by atoms with E-state index in [-0.39, 0.29) is 0 Å². The van der Waals surface area contributed by atoms with Crippen LogP contribution >= 0.6 is 0 Å². The van der Waals surface area contributed by atoms with Crippen molar-refractivity contribution in [2.75, 3.05) is 18.8 Å². The maximum absolute atomic E-state index is 11.1. The van der Waals surface area contributed by atoms with E-state index < -0.39 is 10.8 Å². The summed E-state index contributed by atoms with van der Waals surface area (Å²) in [7, 11) is -0.565. The second-order valence-corrected chi connectivity index (χ2v) is 4.41. The Kier molecular flexibility index (Phi) is 2.66. The lowest BCUT2D eigenvalue weighted by Crippen LogP contribution is -2.16. The number of rotatable bonds is 0. The molecule has 1 aliphatic heterocycles. The summed E-state index contributed by atoms with van der Waals surface area (Å²) in [5, 5.41) is 3.62. The van der Waals surface area contributed by atoms with Gasteiger partial charge in [0.1, 0.15) is 0 Å². The zero-order valence-electron chi connectivity index (χ0n) is 5.72. The molecule has 0 amide bonds. The molecule has 0 aliphatic carbocycles. The molecule has 2 nitrogen and oxygen atoms in total. The van der Waals surface area contributed by atoms with Gasteiger partial charge in [-0.25, -0.2) is 0 Å². The Morgan fingerprint density at radius 2 is 2.33 bits per heavy atom. The highest BCUT2D eigenvalue weighted by Crippen LogP contribution is 2.02. The van der Waals surface area contributed by atoms with Gasteiger partial charge in [-0.1, -0.05) is 6.92 Å². The molecule has 2 atom stereocenters. The Labute approximate surface area is 58.5 Å². The van der Waals surface area contributed by atoms with Crippen molar-refractivity contribution >= 4 is 10.8 Å². The lowest BCUT2D eigenvalue weighted by Gasteiger charge is -2.03. The third-order valence-corrected chi connectivity index (χ3v) is 3.40. The average Bonchev–Trinajstić information content (AvgIpc) is 1.99. The molecule has 9 heavy (non-hydrogen) atoms. The Bertz CT molecular complexity index is 116. The van der Waals surface area contributed by atoms with Gasteiger partial charge in [0, 0.05) is 28.3 Å². The van der Waals surface area contributed by atoms with E-state index in [1.54, 1.807) is 0 Å². The van der Waals surface area contributed by atoms with Crippen LogP contribution in [0.15, 0.2) is 0 Å². The minimum atomic E-state index is -0.565. The molecule has 0 saturated carbocycles. The molecule has 1 N–H and O–H groups in total. The van der Waals surface area contributed by atoms with Crippen LogP contribution in [0.1, 0.15) is 13.3 Å². The summed E-state index contributed by atoms with van der Waals surface area (Å²) in [6.45, 7) is 4.02. The second kappa shape index (κ2) is 3.32. The van der Waals surface area contributed by atoms with Gasteiger partial charge in [-0.05, 0) is 13.0 Å². The van der Waals surface area contributed by atoms with Crippen LogP contribution in [-0.4, -0.2) is 28.3 Å². The summed E-state index contributed by atoms with van der Waals surface area (Å²) in [6, 6.07) is 0. The third-order valence-electron chi connectivity index (χ3n) is 1.66. The van der Waals surface area contributed by atoms with E-state index in [2.05, 4.69) is 12.2 Å². The lowest BCUT2D eigenvalue weighted by molar-refractivity contribution is 0.667. The van der Waals surface area contributed by atoms with Crippen molar-refractivity contribution in [2.24, 2.45) is 0 Å². The molecule has 1 rings (SSSR count). The molecular weight excluding hydrogens is 134 g/mol. The molecule has 1 saturated heterocycles. The Hall–Kier alpha value is 0.110. The van der Waals surface area contributed by atoms with Crippen LogP contribution in [0.25, 0.3) is 0 Å². The quantitative estimate of drug-likeness (QED) is 0.527. The van der Waals surface area contributed by atoms with Gasteiger partial charge in [-0.15, -0.1) is 0 Å². The average molecular weight is 147 g/mol. The summed E-state index contributed by atoms with van der Waals surface area (Å²) in [6.07, 6.45) is 1.06. The van der Waals surface area contributed by atoms with Crippen LogP contribution in [0.4, 0.5) is 0 Å². The fraction of sp³-hybridized carbons (Fsp3) is 1.00. The molecule has 0 spiro atoms. The predicted octanol–water partition coefficient (Wildman–Crippen LogP) is 0.117. The van der Waals surface area contributed by atoms with Crippen molar-refractivity contribution < 1.29 is 4.21 Å². The van der Waals surface area contributed by atoms with Crippen LogP contribution in [-0.2, 0) is 10.8 Å². The van der Waals surface area contributed by atoms with Crippen LogP contribution in [0.2, 0.25) is 0 Å². The molecular formula is C6H13NOS. The van der Waals surface area contributed by atoms with E-state index >= 15 is 0 Å². The monoisotopic (exact) mass is 147 g/mol. The first-order chi connectivity index (χ1) is 4.30. The van der Waals surface area contributed by atoms with E-state index in [1.165, 1.54) is 0 Å². The minimum Gasteiger partial charge on any atom is -0.316 e.